The average Bonchev–Trinajstić information content (AvgIpc) is 3.01. The van der Waals surface area contributed by atoms with Gasteiger partial charge in [0, 0.05) is 25.8 Å². The zero-order valence-corrected chi connectivity index (χ0v) is 17.7. The average molecular weight is 393 g/mol. The van der Waals surface area contributed by atoms with Gasteiger partial charge in [-0.25, -0.2) is 4.79 Å². The largest absolute Gasteiger partial charge is 0.332 e. The van der Waals surface area contributed by atoms with Crippen molar-refractivity contribution < 1.29 is 0 Å². The molecule has 1 aliphatic heterocycles. The number of fused-ring (bicyclic) bond motifs is 3. The molecular formula is C22H27N5O2. The number of benzene rings is 1. The Morgan fingerprint density at radius 1 is 1.17 bits per heavy atom. The van der Waals surface area contributed by atoms with Gasteiger partial charge in [0.05, 0.1) is 6.54 Å². The summed E-state index contributed by atoms with van der Waals surface area (Å²) in [6, 6.07) is 6.40. The predicted molar refractivity (Wildman–Crippen MR) is 116 cm³/mol. The first-order chi connectivity index (χ1) is 13.7. The van der Waals surface area contributed by atoms with E-state index in [1.807, 2.05) is 11.5 Å². The number of anilines is 2. The zero-order chi connectivity index (χ0) is 21.0. The second-order valence-electron chi connectivity index (χ2n) is 8.45. The molecule has 29 heavy (non-hydrogen) atoms. The molecule has 0 bridgehead atoms. The number of allylic oxidation sites excluding steroid dienone is 1. The van der Waals surface area contributed by atoms with Crippen molar-refractivity contribution in [2.24, 2.45) is 13.0 Å². The number of aromatic nitrogens is 4. The Morgan fingerprint density at radius 3 is 2.45 bits per heavy atom. The minimum Gasteiger partial charge on any atom is -0.312 e. The summed E-state index contributed by atoms with van der Waals surface area (Å²) in [5.74, 6) is 1.04. The molecule has 0 spiro atoms. The van der Waals surface area contributed by atoms with E-state index in [2.05, 4.69) is 50.4 Å². The van der Waals surface area contributed by atoms with E-state index in [1.54, 1.807) is 7.05 Å². The van der Waals surface area contributed by atoms with Gasteiger partial charge in [0.15, 0.2) is 11.2 Å². The number of aryl methyl sites for hydroxylation is 3. The maximum atomic E-state index is 13.3. The normalized spacial score (nSPS) is 16.3. The van der Waals surface area contributed by atoms with E-state index < -0.39 is 0 Å². The lowest BCUT2D eigenvalue weighted by Gasteiger charge is -2.33. The summed E-state index contributed by atoms with van der Waals surface area (Å²) in [6.07, 6.45) is 0. The monoisotopic (exact) mass is 393 g/mol. The predicted octanol–water partition coefficient (Wildman–Crippen LogP) is 2.88. The third kappa shape index (κ3) is 3.10. The number of rotatable bonds is 3. The SMILES string of the molecule is C=C(C)Cn1c(=O)c2c(nc3n2C[C@@H](C)CN3c2cc(C)cc(C)c2)n(C)c1=O. The van der Waals surface area contributed by atoms with Crippen LogP contribution in [0.5, 0.6) is 0 Å². The topological polar surface area (TPSA) is 65.1 Å². The maximum absolute atomic E-state index is 13.3. The highest BCUT2D eigenvalue weighted by atomic mass is 16.2. The molecule has 1 aromatic carbocycles. The number of nitrogens with zero attached hydrogens (tertiary/aromatic N) is 5. The van der Waals surface area contributed by atoms with Crippen LogP contribution in [0.25, 0.3) is 11.2 Å². The highest BCUT2D eigenvalue weighted by Gasteiger charge is 2.30. The molecule has 4 rings (SSSR count). The second-order valence-corrected chi connectivity index (χ2v) is 8.45. The van der Waals surface area contributed by atoms with Gasteiger partial charge < -0.3 is 9.47 Å². The van der Waals surface area contributed by atoms with E-state index in [1.165, 1.54) is 20.3 Å². The molecule has 0 fully saturated rings. The molecule has 3 heterocycles. The summed E-state index contributed by atoms with van der Waals surface area (Å²) in [5, 5.41) is 0. The highest BCUT2D eigenvalue weighted by molar-refractivity contribution is 5.77. The van der Waals surface area contributed by atoms with Crippen LogP contribution in [0.3, 0.4) is 0 Å². The van der Waals surface area contributed by atoms with E-state index in [9.17, 15) is 9.59 Å². The van der Waals surface area contributed by atoms with Crippen LogP contribution in [0, 0.1) is 19.8 Å². The Hall–Kier alpha value is -3.09. The van der Waals surface area contributed by atoms with Gasteiger partial charge in [0.25, 0.3) is 5.56 Å². The van der Waals surface area contributed by atoms with Crippen LogP contribution >= 0.6 is 0 Å². The van der Waals surface area contributed by atoms with Crippen LogP contribution in [0.4, 0.5) is 11.6 Å². The summed E-state index contributed by atoms with van der Waals surface area (Å²) in [7, 11) is 1.67. The van der Waals surface area contributed by atoms with Gasteiger partial charge >= 0.3 is 5.69 Å². The van der Waals surface area contributed by atoms with Gasteiger partial charge in [0.1, 0.15) is 0 Å². The molecule has 1 aliphatic rings. The molecule has 0 unspecified atom stereocenters. The van der Waals surface area contributed by atoms with Crippen LogP contribution in [-0.4, -0.2) is 25.2 Å². The van der Waals surface area contributed by atoms with Crippen molar-refractivity contribution in [2.45, 2.75) is 40.8 Å². The van der Waals surface area contributed by atoms with Crippen molar-refractivity contribution in [3.63, 3.8) is 0 Å². The third-order valence-corrected chi connectivity index (χ3v) is 5.39. The molecular weight excluding hydrogens is 366 g/mol. The van der Waals surface area contributed by atoms with Gasteiger partial charge in [0.2, 0.25) is 5.95 Å². The molecule has 0 amide bonds. The van der Waals surface area contributed by atoms with Crippen LogP contribution in [-0.2, 0) is 20.1 Å². The molecule has 3 aromatic rings. The Kier molecular flexibility index (Phi) is 4.48. The van der Waals surface area contributed by atoms with E-state index in [0.29, 0.717) is 29.6 Å². The summed E-state index contributed by atoms with van der Waals surface area (Å²) in [6.45, 7) is 13.7. The van der Waals surface area contributed by atoms with E-state index >= 15 is 0 Å². The molecule has 2 aromatic heterocycles. The van der Waals surface area contributed by atoms with E-state index in [0.717, 1.165) is 17.8 Å². The van der Waals surface area contributed by atoms with Crippen LogP contribution < -0.4 is 16.1 Å². The smallest absolute Gasteiger partial charge is 0.312 e. The van der Waals surface area contributed by atoms with Crippen molar-refractivity contribution in [1.29, 1.82) is 0 Å². The van der Waals surface area contributed by atoms with Crippen molar-refractivity contribution in [2.75, 3.05) is 11.4 Å². The quantitative estimate of drug-likeness (QED) is 0.642. The molecule has 0 aliphatic carbocycles. The van der Waals surface area contributed by atoms with Crippen LogP contribution in [0.15, 0.2) is 39.9 Å². The lowest BCUT2D eigenvalue weighted by molar-refractivity contribution is 0.458. The summed E-state index contributed by atoms with van der Waals surface area (Å²) in [5.41, 5.74) is 4.39. The van der Waals surface area contributed by atoms with Gasteiger partial charge in [-0.05, 0) is 49.9 Å². The van der Waals surface area contributed by atoms with E-state index in [4.69, 9.17) is 4.98 Å². The first-order valence-corrected chi connectivity index (χ1v) is 9.87. The molecule has 7 nitrogen and oxygen atoms in total. The van der Waals surface area contributed by atoms with Crippen molar-refractivity contribution in [1.82, 2.24) is 18.7 Å². The van der Waals surface area contributed by atoms with Gasteiger partial charge in [-0.3, -0.25) is 13.9 Å². The number of imidazole rings is 1. The fourth-order valence-electron chi connectivity index (χ4n) is 4.24. The molecule has 0 saturated carbocycles. The lowest BCUT2D eigenvalue weighted by atomic mass is 10.1. The van der Waals surface area contributed by atoms with E-state index in [-0.39, 0.29) is 17.8 Å². The molecule has 0 N–H and O–H groups in total. The van der Waals surface area contributed by atoms with Crippen molar-refractivity contribution in [3.8, 4) is 0 Å². The summed E-state index contributed by atoms with van der Waals surface area (Å²) >= 11 is 0. The van der Waals surface area contributed by atoms with Crippen molar-refractivity contribution >= 4 is 22.8 Å². The van der Waals surface area contributed by atoms with Gasteiger partial charge in [-0.1, -0.05) is 25.1 Å². The molecule has 152 valence electrons. The Bertz CT molecular complexity index is 1240. The second kappa shape index (κ2) is 6.76. The Labute approximate surface area is 169 Å². The zero-order valence-electron chi connectivity index (χ0n) is 17.7. The molecule has 0 radical (unpaired) electrons. The third-order valence-electron chi connectivity index (χ3n) is 5.39. The molecule has 1 atom stereocenters. The number of hydrogen-bond donors (Lipinski definition) is 0. The molecule has 7 heteroatoms. The van der Waals surface area contributed by atoms with Crippen LogP contribution in [0.2, 0.25) is 0 Å². The fourth-order valence-corrected chi connectivity index (χ4v) is 4.24. The standard InChI is InChI=1S/C22H27N5O2/c1-13(2)10-27-20(28)18-19(24(6)22(27)29)23-21-25(11-16(5)12-26(18)21)17-8-14(3)7-15(4)9-17/h7-9,16H,1,10-12H2,2-6H3/t16-/m0/s1. The Balaban J connectivity index is 2.02. The maximum Gasteiger partial charge on any atom is 0.332 e. The number of hydrogen-bond acceptors (Lipinski definition) is 4. The summed E-state index contributed by atoms with van der Waals surface area (Å²) in [4.78, 5) is 33.0. The first-order valence-electron chi connectivity index (χ1n) is 9.87. The summed E-state index contributed by atoms with van der Waals surface area (Å²) < 4.78 is 4.69. The molecule has 0 saturated heterocycles. The lowest BCUT2D eigenvalue weighted by Crippen LogP contribution is -2.40. The first kappa shape index (κ1) is 19.2. The minimum absolute atomic E-state index is 0.207. The van der Waals surface area contributed by atoms with Crippen molar-refractivity contribution in [3.05, 3.63) is 62.3 Å². The minimum atomic E-state index is -0.369. The fraction of sp³-hybridized carbons (Fsp3) is 0.409. The Morgan fingerprint density at radius 2 is 1.83 bits per heavy atom. The van der Waals surface area contributed by atoms with Crippen LogP contribution in [0.1, 0.15) is 25.0 Å². The van der Waals surface area contributed by atoms with Gasteiger partial charge in [-0.2, -0.15) is 4.98 Å². The van der Waals surface area contributed by atoms with Gasteiger partial charge in [-0.15, -0.1) is 0 Å². The highest BCUT2D eigenvalue weighted by Crippen LogP contribution is 2.33.